The summed E-state index contributed by atoms with van der Waals surface area (Å²) in [5, 5.41) is 3.23. The zero-order chi connectivity index (χ0) is 11.3. The average molecular weight is 322 g/mol. The van der Waals surface area contributed by atoms with E-state index in [0.29, 0.717) is 3.57 Å². The van der Waals surface area contributed by atoms with E-state index in [0.717, 1.165) is 25.5 Å². The third-order valence-electron chi connectivity index (χ3n) is 2.01. The highest BCUT2D eigenvalue weighted by Gasteiger charge is 2.09. The molecule has 0 saturated heterocycles. The minimum atomic E-state index is -0.0871. The van der Waals surface area contributed by atoms with Crippen LogP contribution in [0.3, 0.4) is 0 Å². The van der Waals surface area contributed by atoms with Gasteiger partial charge in [0.1, 0.15) is 9.39 Å². The van der Waals surface area contributed by atoms with Crippen molar-refractivity contribution in [2.45, 2.75) is 6.92 Å². The van der Waals surface area contributed by atoms with Crippen molar-refractivity contribution in [1.29, 1.82) is 0 Å². The lowest BCUT2D eigenvalue weighted by Crippen LogP contribution is -2.31. The van der Waals surface area contributed by atoms with Crippen molar-refractivity contribution in [2.24, 2.45) is 0 Å². The summed E-state index contributed by atoms with van der Waals surface area (Å²) in [4.78, 5) is 20.0. The van der Waals surface area contributed by atoms with Gasteiger partial charge in [0.15, 0.2) is 0 Å². The van der Waals surface area contributed by atoms with E-state index in [9.17, 15) is 4.79 Å². The zero-order valence-corrected chi connectivity index (χ0v) is 11.0. The largest absolute Gasteiger partial charge is 0.357 e. The van der Waals surface area contributed by atoms with Gasteiger partial charge in [0.25, 0.3) is 5.56 Å². The van der Waals surface area contributed by atoms with Crippen LogP contribution in [0.1, 0.15) is 6.92 Å². The van der Waals surface area contributed by atoms with E-state index < -0.39 is 0 Å². The summed E-state index contributed by atoms with van der Waals surface area (Å²) in [5.41, 5.74) is -0.0871. The topological polar surface area (TPSA) is 61.0 Å². The maximum Gasteiger partial charge on any atom is 0.266 e. The van der Waals surface area contributed by atoms with Gasteiger partial charge in [0.2, 0.25) is 0 Å². The number of hydrogen-bond acceptors (Lipinski definition) is 4. The highest BCUT2D eigenvalue weighted by molar-refractivity contribution is 14.1. The van der Waals surface area contributed by atoms with E-state index >= 15 is 0 Å². The van der Waals surface area contributed by atoms with Gasteiger partial charge in [-0.15, -0.1) is 0 Å². The Morgan fingerprint density at radius 2 is 2.40 bits per heavy atom. The lowest BCUT2D eigenvalue weighted by atomic mass is 10.4. The number of aromatic nitrogens is 2. The van der Waals surface area contributed by atoms with Crippen LogP contribution in [-0.2, 0) is 0 Å². The summed E-state index contributed by atoms with van der Waals surface area (Å²) in [7, 11) is 1.93. The molecular weight excluding hydrogens is 307 g/mol. The second-order valence-corrected chi connectivity index (χ2v) is 4.22. The number of halogens is 1. The fourth-order valence-corrected chi connectivity index (χ4v) is 1.88. The minimum Gasteiger partial charge on any atom is -0.357 e. The number of H-pyrrole nitrogens is 1. The predicted molar refractivity (Wildman–Crippen MR) is 69.4 cm³/mol. The Morgan fingerprint density at radius 1 is 1.67 bits per heavy atom. The third-order valence-corrected chi connectivity index (χ3v) is 2.99. The zero-order valence-electron chi connectivity index (χ0n) is 8.88. The fourth-order valence-electron chi connectivity index (χ4n) is 1.17. The summed E-state index contributed by atoms with van der Waals surface area (Å²) in [5.74, 6) is 0.734. The van der Waals surface area contributed by atoms with Crippen LogP contribution in [0.4, 0.5) is 5.82 Å². The van der Waals surface area contributed by atoms with Gasteiger partial charge in [-0.05, 0) is 29.1 Å². The average Bonchev–Trinajstić information content (AvgIpc) is 2.22. The molecule has 0 saturated carbocycles. The molecule has 15 heavy (non-hydrogen) atoms. The third kappa shape index (κ3) is 3.45. The van der Waals surface area contributed by atoms with Gasteiger partial charge in [-0.1, -0.05) is 6.92 Å². The van der Waals surface area contributed by atoms with Crippen LogP contribution < -0.4 is 15.8 Å². The number of rotatable bonds is 5. The molecule has 0 aliphatic heterocycles. The smallest absolute Gasteiger partial charge is 0.266 e. The second-order valence-electron chi connectivity index (χ2n) is 3.14. The van der Waals surface area contributed by atoms with Crippen LogP contribution in [0.5, 0.6) is 0 Å². The van der Waals surface area contributed by atoms with Crippen molar-refractivity contribution in [1.82, 2.24) is 15.3 Å². The molecule has 0 amide bonds. The van der Waals surface area contributed by atoms with Crippen molar-refractivity contribution in [3.63, 3.8) is 0 Å². The van der Waals surface area contributed by atoms with Gasteiger partial charge in [-0.3, -0.25) is 4.79 Å². The van der Waals surface area contributed by atoms with Gasteiger partial charge in [-0.25, -0.2) is 4.98 Å². The first-order valence-corrected chi connectivity index (χ1v) is 5.89. The number of nitrogens with zero attached hydrogens (tertiary/aromatic N) is 2. The van der Waals surface area contributed by atoms with Gasteiger partial charge in [0, 0.05) is 20.1 Å². The first-order chi connectivity index (χ1) is 7.16. The van der Waals surface area contributed by atoms with Crippen LogP contribution >= 0.6 is 22.6 Å². The Hall–Kier alpha value is -0.630. The highest BCUT2D eigenvalue weighted by atomic mass is 127. The number of hydrogen-bond donors (Lipinski definition) is 2. The summed E-state index contributed by atoms with van der Waals surface area (Å²) in [6.45, 7) is 4.74. The fraction of sp³-hybridized carbons (Fsp3) is 0.556. The molecule has 2 N–H and O–H groups in total. The molecule has 0 bridgehead atoms. The van der Waals surface area contributed by atoms with Crippen molar-refractivity contribution < 1.29 is 0 Å². The normalized spacial score (nSPS) is 10.3. The maximum atomic E-state index is 11.3. The molecule has 0 fully saturated rings. The van der Waals surface area contributed by atoms with E-state index in [1.54, 1.807) is 0 Å². The maximum absolute atomic E-state index is 11.3. The SMILES string of the molecule is CCNCCN(C)c1nc[nH]c(=O)c1I. The minimum absolute atomic E-state index is 0.0871. The first kappa shape index (κ1) is 12.4. The van der Waals surface area contributed by atoms with Gasteiger partial charge in [0.05, 0.1) is 6.33 Å². The molecule has 0 aromatic carbocycles. The molecule has 1 aromatic heterocycles. The molecule has 0 unspecified atom stereocenters. The number of likely N-dealkylation sites (N-methyl/N-ethyl adjacent to an activating group) is 2. The number of aromatic amines is 1. The molecule has 0 radical (unpaired) electrons. The summed E-state index contributed by atoms with van der Waals surface area (Å²) < 4.78 is 0.633. The van der Waals surface area contributed by atoms with E-state index in [-0.39, 0.29) is 5.56 Å². The Bertz CT molecular complexity index is 365. The summed E-state index contributed by atoms with van der Waals surface area (Å²) >= 11 is 2.01. The van der Waals surface area contributed by atoms with E-state index in [1.165, 1.54) is 6.33 Å². The Balaban J connectivity index is 2.69. The number of nitrogens with one attached hydrogen (secondary N) is 2. The molecule has 1 rings (SSSR count). The molecule has 1 aromatic rings. The standard InChI is InChI=1S/C9H15IN4O/c1-3-11-4-5-14(2)8-7(10)9(15)13-6-12-8/h6,11H,3-5H2,1-2H3,(H,12,13,15). The van der Waals surface area contributed by atoms with E-state index in [2.05, 4.69) is 22.2 Å². The second kappa shape index (κ2) is 6.06. The molecule has 0 spiro atoms. The molecule has 5 nitrogen and oxygen atoms in total. The van der Waals surface area contributed by atoms with Gasteiger partial charge >= 0.3 is 0 Å². The van der Waals surface area contributed by atoms with Crippen LogP contribution in [0, 0.1) is 3.57 Å². The van der Waals surface area contributed by atoms with E-state index in [1.807, 2.05) is 34.5 Å². The Kier molecular flexibility index (Phi) is 5.03. The van der Waals surface area contributed by atoms with Crippen molar-refractivity contribution in [3.05, 3.63) is 20.3 Å². The van der Waals surface area contributed by atoms with Crippen molar-refractivity contribution >= 4 is 28.4 Å². The van der Waals surface area contributed by atoms with Gasteiger partial charge in [-0.2, -0.15) is 0 Å². The molecule has 1 heterocycles. The summed E-state index contributed by atoms with van der Waals surface area (Å²) in [6.07, 6.45) is 1.43. The molecular formula is C9H15IN4O. The molecule has 0 atom stereocenters. The molecule has 6 heteroatoms. The quantitative estimate of drug-likeness (QED) is 0.609. The Labute approximate surface area is 102 Å². The number of anilines is 1. The van der Waals surface area contributed by atoms with Crippen LogP contribution in [0.2, 0.25) is 0 Å². The van der Waals surface area contributed by atoms with Crippen LogP contribution in [0.15, 0.2) is 11.1 Å². The van der Waals surface area contributed by atoms with Gasteiger partial charge < -0.3 is 15.2 Å². The molecule has 0 aliphatic rings. The Morgan fingerprint density at radius 3 is 3.07 bits per heavy atom. The van der Waals surface area contributed by atoms with Crippen LogP contribution in [-0.4, -0.2) is 36.6 Å². The summed E-state index contributed by atoms with van der Waals surface area (Å²) in [6, 6.07) is 0. The highest BCUT2D eigenvalue weighted by Crippen LogP contribution is 2.12. The lowest BCUT2D eigenvalue weighted by Gasteiger charge is -2.18. The molecule has 84 valence electrons. The first-order valence-electron chi connectivity index (χ1n) is 4.81. The lowest BCUT2D eigenvalue weighted by molar-refractivity contribution is 0.701. The van der Waals surface area contributed by atoms with Crippen LogP contribution in [0.25, 0.3) is 0 Å². The van der Waals surface area contributed by atoms with Crippen molar-refractivity contribution in [3.8, 4) is 0 Å². The van der Waals surface area contributed by atoms with Crippen molar-refractivity contribution in [2.75, 3.05) is 31.6 Å². The monoisotopic (exact) mass is 322 g/mol. The van der Waals surface area contributed by atoms with E-state index in [4.69, 9.17) is 0 Å². The predicted octanol–water partition coefficient (Wildman–Crippen LogP) is 0.420. The molecule has 0 aliphatic carbocycles.